The molecule has 0 heterocycles. The van der Waals surface area contributed by atoms with E-state index in [1.165, 1.54) is 42.3 Å². The van der Waals surface area contributed by atoms with E-state index in [1.54, 1.807) is 37.3 Å². The van der Waals surface area contributed by atoms with E-state index in [0.717, 1.165) is 9.87 Å². The maximum absolute atomic E-state index is 14.1. The highest BCUT2D eigenvalue weighted by Gasteiger charge is 2.33. The topological polar surface area (TPSA) is 96.0 Å². The van der Waals surface area contributed by atoms with Crippen LogP contribution in [0.5, 0.6) is 5.75 Å². The number of nitrogens with zero attached hydrogens (tertiary/aromatic N) is 2. The Hall–Kier alpha value is -2.98. The van der Waals surface area contributed by atoms with Crippen LogP contribution in [0.2, 0.25) is 15.1 Å². The maximum atomic E-state index is 14.1. The molecule has 3 aromatic rings. The molecule has 0 aromatic heterocycles. The first-order valence-electron chi connectivity index (χ1n) is 13.2. The SMILES string of the molecule is COc1ccc(N(CC(=O)N(Cc2c(Cl)cccc2Cl)[C@@H](C)C(=O)NCC(C)C)S(=O)(=O)c2ccc(C)cc2)cc1Cl. The summed E-state index contributed by atoms with van der Waals surface area (Å²) in [5.41, 5.74) is 1.44. The van der Waals surface area contributed by atoms with Crippen LogP contribution in [0.4, 0.5) is 5.69 Å². The Bertz CT molecular complexity index is 1510. The van der Waals surface area contributed by atoms with E-state index in [9.17, 15) is 18.0 Å². The first kappa shape index (κ1) is 33.5. The second-order valence-corrected chi connectivity index (χ2v) is 13.3. The zero-order chi connectivity index (χ0) is 31.2. The molecule has 0 aliphatic heterocycles. The molecule has 2 amide bonds. The average Bonchev–Trinajstić information content (AvgIpc) is 2.94. The van der Waals surface area contributed by atoms with Gasteiger partial charge in [-0.05, 0) is 62.2 Å². The summed E-state index contributed by atoms with van der Waals surface area (Å²) < 4.78 is 34.1. The largest absolute Gasteiger partial charge is 0.495 e. The van der Waals surface area contributed by atoms with Gasteiger partial charge in [0.2, 0.25) is 11.8 Å². The van der Waals surface area contributed by atoms with Crippen LogP contribution in [-0.4, -0.2) is 51.4 Å². The van der Waals surface area contributed by atoms with Gasteiger partial charge in [0.25, 0.3) is 10.0 Å². The fourth-order valence-corrected chi connectivity index (χ4v) is 6.24. The predicted octanol–water partition coefficient (Wildman–Crippen LogP) is 6.35. The molecule has 226 valence electrons. The van der Waals surface area contributed by atoms with Crippen LogP contribution in [0.3, 0.4) is 0 Å². The van der Waals surface area contributed by atoms with E-state index in [1.807, 2.05) is 20.8 Å². The molecular weight excluding hydrogens is 621 g/mol. The van der Waals surface area contributed by atoms with E-state index in [4.69, 9.17) is 39.5 Å². The van der Waals surface area contributed by atoms with Crippen LogP contribution in [-0.2, 0) is 26.2 Å². The molecule has 0 aliphatic rings. The van der Waals surface area contributed by atoms with Gasteiger partial charge in [-0.25, -0.2) is 8.42 Å². The van der Waals surface area contributed by atoms with Crippen molar-refractivity contribution in [3.63, 3.8) is 0 Å². The lowest BCUT2D eigenvalue weighted by molar-refractivity contribution is -0.139. The molecule has 0 saturated heterocycles. The fourth-order valence-electron chi connectivity index (χ4n) is 4.07. The lowest BCUT2D eigenvalue weighted by Gasteiger charge is -2.32. The molecule has 12 heteroatoms. The van der Waals surface area contributed by atoms with Crippen molar-refractivity contribution in [3.05, 3.63) is 86.9 Å². The Kier molecular flexibility index (Phi) is 11.5. The van der Waals surface area contributed by atoms with Crippen molar-refractivity contribution in [3.8, 4) is 5.75 Å². The number of amides is 2. The summed E-state index contributed by atoms with van der Waals surface area (Å²) in [5.74, 6) is -0.537. The van der Waals surface area contributed by atoms with Gasteiger partial charge in [-0.15, -0.1) is 0 Å². The zero-order valence-electron chi connectivity index (χ0n) is 24.0. The molecule has 8 nitrogen and oxygen atoms in total. The highest BCUT2D eigenvalue weighted by atomic mass is 35.5. The number of benzene rings is 3. The first-order valence-corrected chi connectivity index (χ1v) is 15.8. The molecule has 1 atom stereocenters. The third-order valence-corrected chi connectivity index (χ3v) is 9.34. The third-order valence-electron chi connectivity index (χ3n) is 6.55. The van der Waals surface area contributed by atoms with Gasteiger partial charge in [-0.2, -0.15) is 0 Å². The summed E-state index contributed by atoms with van der Waals surface area (Å²) in [6, 6.07) is 14.6. The minimum absolute atomic E-state index is 0.0173. The van der Waals surface area contributed by atoms with Crippen LogP contribution in [0.25, 0.3) is 0 Å². The Balaban J connectivity index is 2.09. The number of sulfonamides is 1. The lowest BCUT2D eigenvalue weighted by atomic mass is 10.1. The van der Waals surface area contributed by atoms with Crippen molar-refractivity contribution in [2.45, 2.75) is 45.2 Å². The summed E-state index contributed by atoms with van der Waals surface area (Å²) >= 11 is 19.2. The molecule has 1 N–H and O–H groups in total. The number of anilines is 1. The number of ether oxygens (including phenoxy) is 1. The summed E-state index contributed by atoms with van der Waals surface area (Å²) in [4.78, 5) is 28.5. The van der Waals surface area contributed by atoms with E-state index in [-0.39, 0.29) is 28.1 Å². The zero-order valence-corrected chi connectivity index (χ0v) is 27.1. The highest BCUT2D eigenvalue weighted by Crippen LogP contribution is 2.33. The number of hydrogen-bond acceptors (Lipinski definition) is 5. The maximum Gasteiger partial charge on any atom is 0.264 e. The van der Waals surface area contributed by atoms with E-state index in [0.29, 0.717) is 27.9 Å². The van der Waals surface area contributed by atoms with Gasteiger partial charge >= 0.3 is 0 Å². The number of carbonyl (C=O) groups excluding carboxylic acids is 2. The number of methoxy groups -OCH3 is 1. The minimum Gasteiger partial charge on any atom is -0.495 e. The molecular formula is C30H34Cl3N3O5S. The van der Waals surface area contributed by atoms with Gasteiger partial charge in [-0.1, -0.05) is 72.4 Å². The van der Waals surface area contributed by atoms with Gasteiger partial charge < -0.3 is 15.0 Å². The third kappa shape index (κ3) is 8.10. The van der Waals surface area contributed by atoms with Crippen molar-refractivity contribution in [1.29, 1.82) is 0 Å². The molecule has 0 radical (unpaired) electrons. The molecule has 0 aliphatic carbocycles. The summed E-state index contributed by atoms with van der Waals surface area (Å²) in [5, 5.41) is 3.61. The number of carbonyl (C=O) groups is 2. The predicted molar refractivity (Wildman–Crippen MR) is 168 cm³/mol. The van der Waals surface area contributed by atoms with E-state index < -0.39 is 34.4 Å². The monoisotopic (exact) mass is 653 g/mol. The quantitative estimate of drug-likeness (QED) is 0.246. The van der Waals surface area contributed by atoms with Crippen LogP contribution < -0.4 is 14.4 Å². The average molecular weight is 655 g/mol. The lowest BCUT2D eigenvalue weighted by Crippen LogP contribution is -2.51. The number of nitrogens with one attached hydrogen (secondary N) is 1. The number of hydrogen-bond donors (Lipinski definition) is 1. The molecule has 0 unspecified atom stereocenters. The molecule has 0 spiro atoms. The van der Waals surface area contributed by atoms with Crippen molar-refractivity contribution in [2.24, 2.45) is 5.92 Å². The molecule has 0 bridgehead atoms. The molecule has 42 heavy (non-hydrogen) atoms. The summed E-state index contributed by atoms with van der Waals surface area (Å²) in [6.07, 6.45) is 0. The van der Waals surface area contributed by atoms with E-state index in [2.05, 4.69) is 5.32 Å². The summed E-state index contributed by atoms with van der Waals surface area (Å²) in [7, 11) is -2.82. The van der Waals surface area contributed by atoms with Gasteiger partial charge in [0.1, 0.15) is 18.3 Å². The van der Waals surface area contributed by atoms with Crippen molar-refractivity contribution in [1.82, 2.24) is 10.2 Å². The Labute approximate surface area is 262 Å². The molecule has 3 aromatic carbocycles. The van der Waals surface area contributed by atoms with Crippen LogP contribution in [0.1, 0.15) is 31.9 Å². The van der Waals surface area contributed by atoms with Gasteiger partial charge in [0.15, 0.2) is 0 Å². The van der Waals surface area contributed by atoms with Crippen molar-refractivity contribution in [2.75, 3.05) is 24.5 Å². The van der Waals surface area contributed by atoms with Crippen molar-refractivity contribution < 1.29 is 22.7 Å². The number of aryl methyl sites for hydroxylation is 1. The second kappa shape index (κ2) is 14.5. The van der Waals surface area contributed by atoms with Crippen LogP contribution in [0.15, 0.2) is 65.6 Å². The van der Waals surface area contributed by atoms with Crippen LogP contribution >= 0.6 is 34.8 Å². The Morgan fingerprint density at radius 2 is 1.55 bits per heavy atom. The summed E-state index contributed by atoms with van der Waals surface area (Å²) in [6.45, 7) is 6.94. The standard InChI is InChI=1S/C30H34Cl3N3O5S/c1-19(2)16-34-30(38)21(4)35(17-24-25(31)7-6-8-26(24)32)29(37)18-36(22-11-14-28(41-5)27(33)15-22)42(39,40)23-12-9-20(3)10-13-23/h6-15,19,21H,16-18H2,1-5H3,(H,34,38)/t21-/m0/s1. The van der Waals surface area contributed by atoms with Gasteiger partial charge in [0, 0.05) is 28.7 Å². The van der Waals surface area contributed by atoms with Gasteiger partial charge in [0.05, 0.1) is 22.7 Å². The van der Waals surface area contributed by atoms with Crippen molar-refractivity contribution >= 4 is 62.3 Å². The van der Waals surface area contributed by atoms with Gasteiger partial charge in [-0.3, -0.25) is 13.9 Å². The number of halogens is 3. The Morgan fingerprint density at radius 1 is 0.929 bits per heavy atom. The molecule has 3 rings (SSSR count). The first-order chi connectivity index (χ1) is 19.8. The van der Waals surface area contributed by atoms with E-state index >= 15 is 0 Å². The highest BCUT2D eigenvalue weighted by molar-refractivity contribution is 7.92. The van der Waals surface area contributed by atoms with Crippen LogP contribution in [0, 0.1) is 12.8 Å². The molecule has 0 fully saturated rings. The minimum atomic E-state index is -4.26. The number of rotatable bonds is 12. The Morgan fingerprint density at radius 3 is 2.10 bits per heavy atom. The fraction of sp³-hybridized carbons (Fsp3) is 0.333. The second-order valence-electron chi connectivity index (χ2n) is 10.2. The molecule has 0 saturated carbocycles. The smallest absolute Gasteiger partial charge is 0.264 e. The normalized spacial score (nSPS) is 12.1.